The number of rotatable bonds is 7. The second-order valence-corrected chi connectivity index (χ2v) is 18.6. The third-order valence-corrected chi connectivity index (χ3v) is 15.4. The molecule has 2 aliphatic rings. The van der Waals surface area contributed by atoms with Crippen LogP contribution in [0.2, 0.25) is 0 Å². The van der Waals surface area contributed by atoms with Gasteiger partial charge in [-0.1, -0.05) is 243 Å². The summed E-state index contributed by atoms with van der Waals surface area (Å²) in [6.07, 6.45) is 0. The molecule has 0 heterocycles. The van der Waals surface area contributed by atoms with Crippen LogP contribution in [0.5, 0.6) is 0 Å². The summed E-state index contributed by atoms with van der Waals surface area (Å²) in [4.78, 5) is 2.57. The summed E-state index contributed by atoms with van der Waals surface area (Å²) in [6, 6.07) is 102. The van der Waals surface area contributed by atoms with Crippen LogP contribution in [0, 0.1) is 0 Å². The van der Waals surface area contributed by atoms with Crippen molar-refractivity contribution in [2.45, 2.75) is 10.8 Å². The third-order valence-electron chi connectivity index (χ3n) is 15.4. The molecule has 0 aliphatic heterocycles. The van der Waals surface area contributed by atoms with Gasteiger partial charge in [-0.05, 0) is 124 Å². The lowest BCUT2D eigenvalue weighted by atomic mass is 9.67. The number of benzene rings is 12. The molecular weight excluding hydrogens is 831 g/mol. The van der Waals surface area contributed by atoms with Gasteiger partial charge in [0.1, 0.15) is 0 Å². The molecule has 0 saturated carbocycles. The van der Waals surface area contributed by atoms with E-state index < -0.39 is 10.8 Å². The highest BCUT2D eigenvalue weighted by molar-refractivity contribution is 6.26. The topological polar surface area (TPSA) is 3.24 Å². The summed E-state index contributed by atoms with van der Waals surface area (Å²) in [7, 11) is 0. The van der Waals surface area contributed by atoms with Crippen molar-refractivity contribution in [2.75, 3.05) is 4.90 Å². The molecule has 1 heteroatoms. The van der Waals surface area contributed by atoms with Crippen LogP contribution in [-0.2, 0) is 10.8 Å². The molecular formula is C68H45N. The normalized spacial score (nSPS) is 13.7. The van der Waals surface area contributed by atoms with E-state index in [9.17, 15) is 0 Å². The highest BCUT2D eigenvalue weighted by atomic mass is 15.1. The van der Waals surface area contributed by atoms with Crippen molar-refractivity contribution >= 4 is 49.4 Å². The van der Waals surface area contributed by atoms with Crippen molar-refractivity contribution in [1.29, 1.82) is 0 Å². The second-order valence-electron chi connectivity index (χ2n) is 18.6. The fourth-order valence-corrected chi connectivity index (χ4v) is 12.7. The summed E-state index contributed by atoms with van der Waals surface area (Å²) in [5.74, 6) is 0. The molecule has 0 atom stereocenters. The van der Waals surface area contributed by atoms with Crippen LogP contribution in [0.15, 0.2) is 273 Å². The molecule has 12 aromatic carbocycles. The fraction of sp³-hybridized carbons (Fsp3) is 0.0294. The highest BCUT2D eigenvalue weighted by Crippen LogP contribution is 2.62. The molecule has 1 nitrogen and oxygen atoms in total. The molecule has 0 amide bonds. The van der Waals surface area contributed by atoms with Gasteiger partial charge in [0, 0.05) is 16.9 Å². The Morgan fingerprint density at radius 1 is 0.232 bits per heavy atom. The molecule has 69 heavy (non-hydrogen) atoms. The maximum Gasteiger partial charge on any atom is 0.0734 e. The van der Waals surface area contributed by atoms with Crippen molar-refractivity contribution in [3.63, 3.8) is 0 Å². The number of nitrogens with zero attached hydrogens (tertiary/aromatic N) is 1. The second kappa shape index (κ2) is 15.4. The van der Waals surface area contributed by atoms with E-state index in [1.54, 1.807) is 0 Å². The summed E-state index contributed by atoms with van der Waals surface area (Å²) in [5.41, 5.74) is 17.4. The van der Waals surface area contributed by atoms with Crippen LogP contribution in [-0.4, -0.2) is 0 Å². The Labute approximate surface area is 402 Å². The molecule has 2 aliphatic carbocycles. The Bertz CT molecular complexity index is 3830. The van der Waals surface area contributed by atoms with Gasteiger partial charge in [-0.2, -0.15) is 0 Å². The Kier molecular flexibility index (Phi) is 8.78. The molecule has 0 spiro atoms. The maximum absolute atomic E-state index is 2.57. The van der Waals surface area contributed by atoms with Gasteiger partial charge in [0.05, 0.1) is 16.5 Å². The van der Waals surface area contributed by atoms with E-state index in [0.29, 0.717) is 0 Å². The van der Waals surface area contributed by atoms with Crippen molar-refractivity contribution < 1.29 is 0 Å². The highest BCUT2D eigenvalue weighted by Gasteiger charge is 2.49. The Hall–Kier alpha value is -8.78. The van der Waals surface area contributed by atoms with E-state index in [1.165, 1.54) is 99.1 Å². The smallest absolute Gasteiger partial charge is 0.0734 e. The number of anilines is 3. The molecule has 0 fully saturated rings. The Balaban J connectivity index is 1.11. The fourth-order valence-electron chi connectivity index (χ4n) is 12.7. The molecule has 14 rings (SSSR count). The summed E-state index contributed by atoms with van der Waals surface area (Å²) in [6.45, 7) is 0. The van der Waals surface area contributed by atoms with Crippen LogP contribution < -0.4 is 4.90 Å². The Morgan fingerprint density at radius 3 is 1.16 bits per heavy atom. The molecule has 0 saturated heterocycles. The minimum absolute atomic E-state index is 0.508. The SMILES string of the molecule is c1ccc(C2(c3ccccc3)c3ccccc3-c3cc(N(c4ccc5c6ccccc6c6ccccc6c5c4)c4cccc5c4C(c4ccccc4)(c4ccccc4)c4ccccc4-5)ccc32)cc1. The molecule has 0 radical (unpaired) electrons. The van der Waals surface area contributed by atoms with E-state index in [-0.39, 0.29) is 0 Å². The number of hydrogen-bond donors (Lipinski definition) is 0. The van der Waals surface area contributed by atoms with E-state index in [0.717, 1.165) is 17.1 Å². The zero-order valence-corrected chi connectivity index (χ0v) is 37.9. The van der Waals surface area contributed by atoms with Crippen molar-refractivity contribution in [1.82, 2.24) is 0 Å². The van der Waals surface area contributed by atoms with Crippen LogP contribution in [0.3, 0.4) is 0 Å². The largest absolute Gasteiger partial charge is 0.310 e. The van der Waals surface area contributed by atoms with E-state index >= 15 is 0 Å². The molecule has 0 aromatic heterocycles. The monoisotopic (exact) mass is 875 g/mol. The molecule has 0 bridgehead atoms. The van der Waals surface area contributed by atoms with Crippen LogP contribution in [0.25, 0.3) is 54.6 Å². The minimum atomic E-state index is -0.623. The van der Waals surface area contributed by atoms with Crippen molar-refractivity contribution in [3.05, 3.63) is 317 Å². The van der Waals surface area contributed by atoms with E-state index in [2.05, 4.69) is 278 Å². The first kappa shape index (κ1) is 39.4. The average molecular weight is 876 g/mol. The first-order valence-corrected chi connectivity index (χ1v) is 24.1. The quantitative estimate of drug-likeness (QED) is 0.144. The number of fused-ring (bicyclic) bond motifs is 12. The van der Waals surface area contributed by atoms with Gasteiger partial charge in [0.15, 0.2) is 0 Å². The van der Waals surface area contributed by atoms with Gasteiger partial charge in [-0.25, -0.2) is 0 Å². The average Bonchev–Trinajstić information content (AvgIpc) is 3.91. The molecule has 0 N–H and O–H groups in total. The lowest BCUT2D eigenvalue weighted by Crippen LogP contribution is -2.30. The summed E-state index contributed by atoms with van der Waals surface area (Å²) in [5, 5.41) is 7.54. The first-order valence-electron chi connectivity index (χ1n) is 24.1. The zero-order chi connectivity index (χ0) is 45.5. The van der Waals surface area contributed by atoms with Gasteiger partial charge in [-0.3, -0.25) is 0 Å². The third kappa shape index (κ3) is 5.53. The van der Waals surface area contributed by atoms with Crippen LogP contribution in [0.1, 0.15) is 44.5 Å². The lowest BCUT2D eigenvalue weighted by Gasteiger charge is -2.38. The maximum atomic E-state index is 2.57. The molecule has 322 valence electrons. The van der Waals surface area contributed by atoms with Gasteiger partial charge in [-0.15, -0.1) is 0 Å². The van der Waals surface area contributed by atoms with Gasteiger partial charge >= 0.3 is 0 Å². The van der Waals surface area contributed by atoms with Crippen LogP contribution in [0.4, 0.5) is 17.1 Å². The molecule has 12 aromatic rings. The number of hydrogen-bond acceptors (Lipinski definition) is 1. The van der Waals surface area contributed by atoms with Gasteiger partial charge in [0.2, 0.25) is 0 Å². The van der Waals surface area contributed by atoms with Gasteiger partial charge in [0.25, 0.3) is 0 Å². The van der Waals surface area contributed by atoms with Crippen molar-refractivity contribution in [2.24, 2.45) is 0 Å². The van der Waals surface area contributed by atoms with E-state index in [1.807, 2.05) is 0 Å². The van der Waals surface area contributed by atoms with Crippen LogP contribution >= 0.6 is 0 Å². The Morgan fingerprint density at radius 2 is 0.609 bits per heavy atom. The summed E-state index contributed by atoms with van der Waals surface area (Å²) >= 11 is 0. The van der Waals surface area contributed by atoms with Gasteiger partial charge < -0.3 is 4.90 Å². The predicted molar refractivity (Wildman–Crippen MR) is 288 cm³/mol. The lowest BCUT2D eigenvalue weighted by molar-refractivity contribution is 0.767. The standard InChI is InChI=1S/C68H45N/c1-5-22-46(23-6-1)67(47-24-7-2-8-25-47)62-37-19-18-35-58(62)61-45-51(41-43-64(61)67)69(50-40-42-56-54-32-14-13-30-52(54)53-31-15-16-33-55(53)60(56)44-50)65-39-21-36-59-57-34-17-20-38-63(57)68(66(59)65,48-26-9-3-10-27-48)49-28-11-4-12-29-49/h1-45H. The van der Waals surface area contributed by atoms with Crippen molar-refractivity contribution in [3.8, 4) is 22.3 Å². The minimum Gasteiger partial charge on any atom is -0.310 e. The van der Waals surface area contributed by atoms with E-state index in [4.69, 9.17) is 0 Å². The predicted octanol–water partition coefficient (Wildman–Crippen LogP) is 17.3. The first-order chi connectivity index (χ1) is 34.3. The summed E-state index contributed by atoms with van der Waals surface area (Å²) < 4.78 is 0. The zero-order valence-electron chi connectivity index (χ0n) is 37.9. The molecule has 0 unspecified atom stereocenters.